The van der Waals surface area contributed by atoms with Crippen LogP contribution in [0.1, 0.15) is 59.9 Å². The van der Waals surface area contributed by atoms with E-state index in [1.165, 1.54) is 0 Å². The maximum Gasteiger partial charge on any atom is 0.407 e. The average molecular weight is 421 g/mol. The Kier molecular flexibility index (Phi) is 5.56. The van der Waals surface area contributed by atoms with Gasteiger partial charge in [0.1, 0.15) is 5.60 Å². The van der Waals surface area contributed by atoms with E-state index in [0.717, 1.165) is 24.0 Å². The van der Waals surface area contributed by atoms with Gasteiger partial charge in [-0.1, -0.05) is 30.3 Å². The fraction of sp³-hybridized carbons (Fsp3) is 0.400. The van der Waals surface area contributed by atoms with Crippen LogP contribution in [0.4, 0.5) is 4.79 Å². The van der Waals surface area contributed by atoms with E-state index in [1.807, 2.05) is 62.1 Å². The number of amides is 2. The number of ether oxygens (including phenoxy) is 1. The number of piperidine rings is 1. The Hall–Kier alpha value is -3.15. The maximum absolute atomic E-state index is 13.0. The molecule has 0 radical (unpaired) electrons. The highest BCUT2D eigenvalue weighted by molar-refractivity contribution is 6.22. The van der Waals surface area contributed by atoms with Crippen LogP contribution < -0.4 is 5.32 Å². The van der Waals surface area contributed by atoms with Gasteiger partial charge in [0.25, 0.3) is 5.91 Å². The molecule has 1 saturated heterocycles. The number of hydrogen-bond acceptors (Lipinski definition) is 4. The lowest BCUT2D eigenvalue weighted by molar-refractivity contribution is 0.0500. The molecule has 0 unspecified atom stereocenters. The Morgan fingerprint density at radius 2 is 1.65 bits per heavy atom. The molecular formula is C25H28N2O4. The van der Waals surface area contributed by atoms with Crippen LogP contribution in [0.2, 0.25) is 0 Å². The second-order valence-electron chi connectivity index (χ2n) is 9.25. The van der Waals surface area contributed by atoms with Crippen molar-refractivity contribution in [1.29, 1.82) is 0 Å². The number of alkyl carbamates (subject to hydrolysis) is 1. The number of carbonyl (C=O) groups is 3. The number of carbonyl (C=O) groups excluding carboxylic acids is 3. The SMILES string of the molecule is CC(C)(C)OC(=O)NCC1CCN(C(=O)c2ccc3c(c2)C(=O)c2ccccc2-3)CC1. The molecule has 0 atom stereocenters. The number of nitrogens with zero attached hydrogens (tertiary/aromatic N) is 1. The molecule has 1 heterocycles. The molecule has 1 aliphatic carbocycles. The van der Waals surface area contributed by atoms with Crippen molar-refractivity contribution in [2.45, 2.75) is 39.2 Å². The number of nitrogens with one attached hydrogen (secondary N) is 1. The molecule has 0 spiro atoms. The molecule has 31 heavy (non-hydrogen) atoms. The lowest BCUT2D eigenvalue weighted by atomic mass is 9.96. The minimum Gasteiger partial charge on any atom is -0.444 e. The molecular weight excluding hydrogens is 392 g/mol. The first-order valence-electron chi connectivity index (χ1n) is 10.8. The number of ketones is 1. The quantitative estimate of drug-likeness (QED) is 0.686. The van der Waals surface area contributed by atoms with Gasteiger partial charge in [-0.3, -0.25) is 9.59 Å². The zero-order valence-corrected chi connectivity index (χ0v) is 18.2. The zero-order valence-electron chi connectivity index (χ0n) is 18.2. The fourth-order valence-electron chi connectivity index (χ4n) is 4.23. The van der Waals surface area contributed by atoms with Crippen LogP contribution in [0, 0.1) is 5.92 Å². The molecule has 2 aliphatic rings. The molecule has 2 aromatic carbocycles. The molecule has 0 bridgehead atoms. The standard InChI is InChI=1S/C25H28N2O4/c1-25(2,3)31-24(30)26-15-16-10-12-27(13-11-16)23(29)17-8-9-19-18-6-4-5-7-20(18)22(28)21(19)14-17/h4-9,14,16H,10-13,15H2,1-3H3,(H,26,30). The molecule has 6 nitrogen and oxygen atoms in total. The number of fused-ring (bicyclic) bond motifs is 3. The molecule has 4 rings (SSSR count). The van der Waals surface area contributed by atoms with Gasteiger partial charge in [0.05, 0.1) is 0 Å². The van der Waals surface area contributed by atoms with Crippen molar-refractivity contribution >= 4 is 17.8 Å². The third kappa shape index (κ3) is 4.48. The summed E-state index contributed by atoms with van der Waals surface area (Å²) in [5.41, 5.74) is 3.15. The summed E-state index contributed by atoms with van der Waals surface area (Å²) in [6.45, 7) is 7.31. The van der Waals surface area contributed by atoms with Gasteiger partial charge in [-0.05, 0) is 62.8 Å². The van der Waals surface area contributed by atoms with E-state index in [-0.39, 0.29) is 11.7 Å². The van der Waals surface area contributed by atoms with Crippen molar-refractivity contribution in [2.75, 3.05) is 19.6 Å². The molecule has 6 heteroatoms. The van der Waals surface area contributed by atoms with Gasteiger partial charge >= 0.3 is 6.09 Å². The van der Waals surface area contributed by atoms with Gasteiger partial charge in [0.15, 0.2) is 5.78 Å². The third-order valence-corrected chi connectivity index (χ3v) is 5.81. The molecule has 1 fully saturated rings. The first-order chi connectivity index (χ1) is 14.7. The highest BCUT2D eigenvalue weighted by Crippen LogP contribution is 2.37. The van der Waals surface area contributed by atoms with Gasteiger partial charge in [0.2, 0.25) is 0 Å². The van der Waals surface area contributed by atoms with Crippen molar-refractivity contribution in [3.05, 3.63) is 59.2 Å². The zero-order chi connectivity index (χ0) is 22.2. The highest BCUT2D eigenvalue weighted by Gasteiger charge is 2.29. The second kappa shape index (κ2) is 8.17. The van der Waals surface area contributed by atoms with E-state index >= 15 is 0 Å². The first kappa shape index (κ1) is 21.1. The lowest BCUT2D eigenvalue weighted by Crippen LogP contribution is -2.42. The van der Waals surface area contributed by atoms with Crippen molar-refractivity contribution < 1.29 is 19.1 Å². The fourth-order valence-corrected chi connectivity index (χ4v) is 4.23. The maximum atomic E-state index is 13.0. The normalized spacial score (nSPS) is 16.0. The predicted molar refractivity (Wildman–Crippen MR) is 118 cm³/mol. The largest absolute Gasteiger partial charge is 0.444 e. The van der Waals surface area contributed by atoms with Crippen LogP contribution in [-0.2, 0) is 4.74 Å². The summed E-state index contributed by atoms with van der Waals surface area (Å²) in [5.74, 6) is 0.241. The monoisotopic (exact) mass is 420 g/mol. The second-order valence-corrected chi connectivity index (χ2v) is 9.25. The number of benzene rings is 2. The molecule has 1 aliphatic heterocycles. The van der Waals surface area contributed by atoms with Crippen LogP contribution >= 0.6 is 0 Å². The minimum absolute atomic E-state index is 0.0211. The van der Waals surface area contributed by atoms with Gasteiger partial charge < -0.3 is 15.0 Å². The first-order valence-corrected chi connectivity index (χ1v) is 10.8. The molecule has 0 aromatic heterocycles. The Bertz CT molecular complexity index is 1030. The summed E-state index contributed by atoms with van der Waals surface area (Å²) >= 11 is 0. The Balaban J connectivity index is 1.35. The van der Waals surface area contributed by atoms with Crippen LogP contribution in [0.3, 0.4) is 0 Å². The van der Waals surface area contributed by atoms with Gasteiger partial charge in [0, 0.05) is 36.3 Å². The van der Waals surface area contributed by atoms with Crippen molar-refractivity contribution in [2.24, 2.45) is 5.92 Å². The molecule has 2 amide bonds. The molecule has 2 aromatic rings. The molecule has 162 valence electrons. The topological polar surface area (TPSA) is 75.7 Å². The van der Waals surface area contributed by atoms with Crippen molar-refractivity contribution in [1.82, 2.24) is 10.2 Å². The summed E-state index contributed by atoms with van der Waals surface area (Å²) in [4.78, 5) is 39.4. The lowest BCUT2D eigenvalue weighted by Gasteiger charge is -2.32. The van der Waals surface area contributed by atoms with E-state index in [1.54, 1.807) is 6.07 Å². The van der Waals surface area contributed by atoms with E-state index in [4.69, 9.17) is 4.74 Å². The van der Waals surface area contributed by atoms with E-state index in [9.17, 15) is 14.4 Å². The Labute approximate surface area is 182 Å². The summed E-state index contributed by atoms with van der Waals surface area (Å²) in [7, 11) is 0. The van der Waals surface area contributed by atoms with E-state index < -0.39 is 11.7 Å². The van der Waals surface area contributed by atoms with Crippen LogP contribution in [0.15, 0.2) is 42.5 Å². The Morgan fingerprint density at radius 3 is 2.32 bits per heavy atom. The third-order valence-electron chi connectivity index (χ3n) is 5.81. The molecule has 1 N–H and O–H groups in total. The predicted octanol–water partition coefficient (Wildman–Crippen LogP) is 4.27. The van der Waals surface area contributed by atoms with E-state index in [2.05, 4.69) is 5.32 Å². The number of likely N-dealkylation sites (tertiary alicyclic amines) is 1. The van der Waals surface area contributed by atoms with Crippen molar-refractivity contribution in [3.63, 3.8) is 0 Å². The summed E-state index contributed by atoms with van der Waals surface area (Å²) in [6.07, 6.45) is 1.23. The van der Waals surface area contributed by atoms with E-state index in [0.29, 0.717) is 42.2 Å². The van der Waals surface area contributed by atoms with Crippen LogP contribution in [-0.4, -0.2) is 47.9 Å². The van der Waals surface area contributed by atoms with Crippen LogP contribution in [0.25, 0.3) is 11.1 Å². The summed E-state index contributed by atoms with van der Waals surface area (Å²) in [6, 6.07) is 13.0. The number of rotatable bonds is 3. The minimum atomic E-state index is -0.515. The summed E-state index contributed by atoms with van der Waals surface area (Å²) < 4.78 is 5.27. The van der Waals surface area contributed by atoms with Crippen molar-refractivity contribution in [3.8, 4) is 11.1 Å². The average Bonchev–Trinajstić information content (AvgIpc) is 3.03. The smallest absolute Gasteiger partial charge is 0.407 e. The Morgan fingerprint density at radius 1 is 1.00 bits per heavy atom. The van der Waals surface area contributed by atoms with Gasteiger partial charge in [-0.2, -0.15) is 0 Å². The van der Waals surface area contributed by atoms with Gasteiger partial charge in [-0.15, -0.1) is 0 Å². The number of hydrogen-bond donors (Lipinski definition) is 1. The van der Waals surface area contributed by atoms with Crippen LogP contribution in [0.5, 0.6) is 0 Å². The summed E-state index contributed by atoms with van der Waals surface area (Å²) in [5, 5.41) is 2.82. The highest BCUT2D eigenvalue weighted by atomic mass is 16.6. The van der Waals surface area contributed by atoms with Gasteiger partial charge in [-0.25, -0.2) is 4.79 Å². The molecule has 0 saturated carbocycles.